The van der Waals surface area contributed by atoms with Crippen LogP contribution in [-0.2, 0) is 14.4 Å². The molecule has 8 nitrogen and oxygen atoms in total. The first-order chi connectivity index (χ1) is 13.9. The topological polar surface area (TPSA) is 113 Å². The van der Waals surface area contributed by atoms with Gasteiger partial charge in [0.05, 0.1) is 16.8 Å². The summed E-state index contributed by atoms with van der Waals surface area (Å²) in [6.45, 7) is 2.17. The van der Waals surface area contributed by atoms with Crippen LogP contribution in [-0.4, -0.2) is 40.5 Å². The summed E-state index contributed by atoms with van der Waals surface area (Å²) in [6, 6.07) is 3.69. The monoisotopic (exact) mass is 397 g/mol. The van der Waals surface area contributed by atoms with E-state index in [0.717, 1.165) is 30.6 Å². The minimum atomic E-state index is -1.02. The molecule has 1 aliphatic carbocycles. The molecule has 152 valence electrons. The molecule has 2 aliphatic heterocycles. The van der Waals surface area contributed by atoms with Crippen LogP contribution in [0.4, 0.5) is 5.69 Å². The van der Waals surface area contributed by atoms with Crippen molar-refractivity contribution in [1.29, 1.82) is 0 Å². The number of nitrogens with one attached hydrogen (secondary N) is 2. The predicted molar refractivity (Wildman–Crippen MR) is 103 cm³/mol. The first-order valence-corrected chi connectivity index (χ1v) is 10.0. The number of anilines is 1. The van der Waals surface area contributed by atoms with Gasteiger partial charge >= 0.3 is 0 Å². The Morgan fingerprint density at radius 2 is 1.76 bits per heavy atom. The molecule has 1 aromatic rings. The smallest absolute Gasteiger partial charge is 0.264 e. The van der Waals surface area contributed by atoms with Crippen molar-refractivity contribution in [1.82, 2.24) is 10.2 Å². The molecule has 0 radical (unpaired) electrons. The average Bonchev–Trinajstić information content (AvgIpc) is 2.94. The molecular weight excluding hydrogens is 374 g/mol. The van der Waals surface area contributed by atoms with E-state index in [1.165, 1.54) is 6.07 Å². The molecule has 2 fully saturated rings. The summed E-state index contributed by atoms with van der Waals surface area (Å²) in [6.07, 6.45) is 3.75. The van der Waals surface area contributed by atoms with E-state index in [1.807, 2.05) is 0 Å². The van der Waals surface area contributed by atoms with E-state index in [1.54, 1.807) is 12.1 Å². The SMILES string of the molecule is CC1CCC(C(=O)Nc2cccc3c2C(=O)N(C2CCC(=O)NC2=O)C3=O)CC1. The van der Waals surface area contributed by atoms with Gasteiger partial charge in [-0.15, -0.1) is 0 Å². The van der Waals surface area contributed by atoms with Crippen LogP contribution in [0.2, 0.25) is 0 Å². The number of benzene rings is 1. The third-order valence-corrected chi connectivity index (χ3v) is 6.11. The maximum Gasteiger partial charge on any atom is 0.264 e. The van der Waals surface area contributed by atoms with E-state index >= 15 is 0 Å². The summed E-state index contributed by atoms with van der Waals surface area (Å²) < 4.78 is 0. The molecule has 1 unspecified atom stereocenters. The highest BCUT2D eigenvalue weighted by molar-refractivity contribution is 6.26. The Morgan fingerprint density at radius 3 is 2.45 bits per heavy atom. The summed E-state index contributed by atoms with van der Waals surface area (Å²) in [5.74, 6) is -1.92. The van der Waals surface area contributed by atoms with Crippen molar-refractivity contribution >= 4 is 35.2 Å². The van der Waals surface area contributed by atoms with Crippen LogP contribution < -0.4 is 10.6 Å². The van der Waals surface area contributed by atoms with Crippen LogP contribution in [0.25, 0.3) is 0 Å². The Morgan fingerprint density at radius 1 is 1.03 bits per heavy atom. The van der Waals surface area contributed by atoms with Gasteiger partial charge in [0.2, 0.25) is 17.7 Å². The number of amides is 5. The Bertz CT molecular complexity index is 917. The van der Waals surface area contributed by atoms with Crippen LogP contribution in [0.5, 0.6) is 0 Å². The number of carbonyl (C=O) groups is 5. The van der Waals surface area contributed by atoms with Gasteiger partial charge in [-0.3, -0.25) is 34.2 Å². The van der Waals surface area contributed by atoms with Crippen LogP contribution in [0.3, 0.4) is 0 Å². The Balaban J connectivity index is 1.57. The van der Waals surface area contributed by atoms with Crippen molar-refractivity contribution in [2.45, 2.75) is 51.5 Å². The van der Waals surface area contributed by atoms with Gasteiger partial charge in [0.1, 0.15) is 6.04 Å². The highest BCUT2D eigenvalue weighted by Gasteiger charge is 2.45. The highest BCUT2D eigenvalue weighted by atomic mass is 16.2. The van der Waals surface area contributed by atoms with Gasteiger partial charge in [-0.2, -0.15) is 0 Å². The second kappa shape index (κ2) is 7.42. The fraction of sp³-hybridized carbons (Fsp3) is 0.476. The maximum atomic E-state index is 13.0. The first-order valence-electron chi connectivity index (χ1n) is 10.0. The van der Waals surface area contributed by atoms with Crippen LogP contribution in [0.1, 0.15) is 66.2 Å². The quantitative estimate of drug-likeness (QED) is 0.756. The molecule has 0 bridgehead atoms. The zero-order valence-electron chi connectivity index (χ0n) is 16.2. The normalized spacial score (nSPS) is 26.9. The molecule has 5 amide bonds. The molecule has 2 N–H and O–H groups in total. The van der Waals surface area contributed by atoms with Gasteiger partial charge in [-0.05, 0) is 50.2 Å². The average molecular weight is 397 g/mol. The van der Waals surface area contributed by atoms with Crippen LogP contribution >= 0.6 is 0 Å². The number of fused-ring (bicyclic) bond motifs is 1. The molecule has 1 saturated heterocycles. The predicted octanol–water partition coefficient (Wildman–Crippen LogP) is 1.85. The minimum Gasteiger partial charge on any atom is -0.325 e. The summed E-state index contributed by atoms with van der Waals surface area (Å²) >= 11 is 0. The molecule has 2 heterocycles. The largest absolute Gasteiger partial charge is 0.325 e. The molecule has 8 heteroatoms. The Kier molecular flexibility index (Phi) is 4.94. The molecule has 29 heavy (non-hydrogen) atoms. The lowest BCUT2D eigenvalue weighted by Crippen LogP contribution is -2.54. The van der Waals surface area contributed by atoms with Crippen molar-refractivity contribution < 1.29 is 24.0 Å². The second-order valence-electron chi connectivity index (χ2n) is 8.12. The van der Waals surface area contributed by atoms with Gasteiger partial charge in [-0.1, -0.05) is 13.0 Å². The number of piperidine rings is 1. The summed E-state index contributed by atoms with van der Waals surface area (Å²) in [4.78, 5) is 63.1. The molecule has 1 atom stereocenters. The number of carbonyl (C=O) groups excluding carboxylic acids is 5. The van der Waals surface area contributed by atoms with Gasteiger partial charge in [0.15, 0.2) is 0 Å². The molecular formula is C21H23N3O5. The first kappa shape index (κ1) is 19.3. The third-order valence-electron chi connectivity index (χ3n) is 6.11. The van der Waals surface area contributed by atoms with E-state index in [-0.39, 0.29) is 35.8 Å². The van der Waals surface area contributed by atoms with E-state index in [0.29, 0.717) is 11.6 Å². The molecule has 4 rings (SSSR count). The van der Waals surface area contributed by atoms with Gasteiger partial charge in [0.25, 0.3) is 11.8 Å². The molecule has 3 aliphatic rings. The molecule has 1 aromatic carbocycles. The highest BCUT2D eigenvalue weighted by Crippen LogP contribution is 2.34. The lowest BCUT2D eigenvalue weighted by Gasteiger charge is -2.28. The molecule has 1 saturated carbocycles. The maximum absolute atomic E-state index is 13.0. The Labute approximate surface area is 168 Å². The fourth-order valence-corrected chi connectivity index (χ4v) is 4.38. The number of hydrogen-bond donors (Lipinski definition) is 2. The van der Waals surface area contributed by atoms with Crippen molar-refractivity contribution in [3.63, 3.8) is 0 Å². The molecule has 0 spiro atoms. The number of hydrogen-bond acceptors (Lipinski definition) is 5. The van der Waals surface area contributed by atoms with Gasteiger partial charge in [-0.25, -0.2) is 0 Å². The number of imide groups is 2. The van der Waals surface area contributed by atoms with Gasteiger partial charge in [0, 0.05) is 12.3 Å². The Hall–Kier alpha value is -3.03. The zero-order valence-corrected chi connectivity index (χ0v) is 16.2. The van der Waals surface area contributed by atoms with Crippen LogP contribution in [0.15, 0.2) is 18.2 Å². The van der Waals surface area contributed by atoms with E-state index < -0.39 is 29.7 Å². The fourth-order valence-electron chi connectivity index (χ4n) is 4.38. The van der Waals surface area contributed by atoms with E-state index in [4.69, 9.17) is 0 Å². The number of rotatable bonds is 3. The summed E-state index contributed by atoms with van der Waals surface area (Å²) in [7, 11) is 0. The minimum absolute atomic E-state index is 0.0630. The molecule has 0 aromatic heterocycles. The lowest BCUT2D eigenvalue weighted by molar-refractivity contribution is -0.136. The zero-order chi connectivity index (χ0) is 20.7. The summed E-state index contributed by atoms with van der Waals surface area (Å²) in [5, 5.41) is 5.00. The van der Waals surface area contributed by atoms with Crippen molar-refractivity contribution in [3.8, 4) is 0 Å². The third kappa shape index (κ3) is 3.43. The van der Waals surface area contributed by atoms with Gasteiger partial charge < -0.3 is 5.32 Å². The van der Waals surface area contributed by atoms with E-state index in [2.05, 4.69) is 17.6 Å². The van der Waals surface area contributed by atoms with Crippen LogP contribution in [0, 0.1) is 11.8 Å². The van der Waals surface area contributed by atoms with Crippen molar-refractivity contribution in [3.05, 3.63) is 29.3 Å². The second-order valence-corrected chi connectivity index (χ2v) is 8.12. The summed E-state index contributed by atoms with van der Waals surface area (Å²) in [5.41, 5.74) is 0.564. The number of nitrogens with zero attached hydrogens (tertiary/aromatic N) is 1. The van der Waals surface area contributed by atoms with Crippen molar-refractivity contribution in [2.24, 2.45) is 11.8 Å². The van der Waals surface area contributed by atoms with E-state index in [9.17, 15) is 24.0 Å². The lowest BCUT2D eigenvalue weighted by atomic mass is 9.82. The standard InChI is InChI=1S/C21H23N3O5/c1-11-5-7-12(8-6-11)18(26)22-14-4-2-3-13-17(14)21(29)24(20(13)28)15-9-10-16(25)23-19(15)27/h2-4,11-12,15H,5-10H2,1H3,(H,22,26)(H,23,25,27). The van der Waals surface area contributed by atoms with Crippen molar-refractivity contribution in [2.75, 3.05) is 5.32 Å².